The van der Waals surface area contributed by atoms with Crippen LogP contribution in [0.15, 0.2) is 36.4 Å². The maximum Gasteiger partial charge on any atom is 0.138 e. The van der Waals surface area contributed by atoms with E-state index >= 15 is 0 Å². The predicted octanol–water partition coefficient (Wildman–Crippen LogP) is 4.02. The summed E-state index contributed by atoms with van der Waals surface area (Å²) in [5.41, 5.74) is 6.67. The van der Waals surface area contributed by atoms with E-state index in [4.69, 9.17) is 33.7 Å². The van der Waals surface area contributed by atoms with E-state index in [1.54, 1.807) is 24.3 Å². The van der Waals surface area contributed by atoms with Crippen LogP contribution in [0.1, 0.15) is 11.1 Å². The van der Waals surface area contributed by atoms with Gasteiger partial charge in [0.25, 0.3) is 0 Å². The summed E-state index contributed by atoms with van der Waals surface area (Å²) in [5, 5.41) is 1.04. The summed E-state index contributed by atoms with van der Waals surface area (Å²) < 4.78 is 18.9. The molecule has 2 rings (SSSR count). The zero-order chi connectivity index (χ0) is 15.2. The van der Waals surface area contributed by atoms with Crippen molar-refractivity contribution in [3.8, 4) is 17.6 Å². The fraction of sp³-hybridized carbons (Fsp3) is 0.125. The summed E-state index contributed by atoms with van der Waals surface area (Å²) in [5.74, 6) is 5.50. The highest BCUT2D eigenvalue weighted by Crippen LogP contribution is 2.24. The van der Waals surface area contributed by atoms with Gasteiger partial charge in [0, 0.05) is 21.7 Å². The second-order valence-corrected chi connectivity index (χ2v) is 5.01. The minimum Gasteiger partial charge on any atom is -0.487 e. The number of hydrogen-bond donors (Lipinski definition) is 1. The van der Waals surface area contributed by atoms with Crippen molar-refractivity contribution >= 4 is 23.2 Å². The Bertz CT molecular complexity index is 707. The van der Waals surface area contributed by atoms with Crippen molar-refractivity contribution in [2.24, 2.45) is 5.73 Å². The van der Waals surface area contributed by atoms with Crippen LogP contribution in [0.2, 0.25) is 10.0 Å². The average molecular weight is 324 g/mol. The lowest BCUT2D eigenvalue weighted by Crippen LogP contribution is -1.99. The molecule has 0 aliphatic rings. The molecule has 0 unspecified atom stereocenters. The molecular weight excluding hydrogens is 312 g/mol. The predicted molar refractivity (Wildman–Crippen MR) is 83.1 cm³/mol. The molecule has 2 aromatic carbocycles. The van der Waals surface area contributed by atoms with Crippen LogP contribution in [0.3, 0.4) is 0 Å². The molecular formula is C16H12Cl2FNO. The van der Waals surface area contributed by atoms with E-state index in [1.807, 2.05) is 0 Å². The molecule has 0 aliphatic heterocycles. The van der Waals surface area contributed by atoms with Gasteiger partial charge in [-0.05, 0) is 24.3 Å². The fourth-order valence-corrected chi connectivity index (χ4v) is 2.12. The Labute approximate surface area is 132 Å². The van der Waals surface area contributed by atoms with Crippen molar-refractivity contribution in [1.82, 2.24) is 0 Å². The minimum absolute atomic E-state index is 0.191. The minimum atomic E-state index is -0.398. The van der Waals surface area contributed by atoms with E-state index in [2.05, 4.69) is 11.8 Å². The third-order valence-corrected chi connectivity index (χ3v) is 3.25. The molecule has 5 heteroatoms. The summed E-state index contributed by atoms with van der Waals surface area (Å²) in [4.78, 5) is 0. The van der Waals surface area contributed by atoms with Crippen molar-refractivity contribution in [3.05, 3.63) is 63.4 Å². The van der Waals surface area contributed by atoms with E-state index in [-0.39, 0.29) is 13.2 Å². The largest absolute Gasteiger partial charge is 0.487 e. The topological polar surface area (TPSA) is 35.2 Å². The van der Waals surface area contributed by atoms with Gasteiger partial charge in [-0.1, -0.05) is 41.1 Å². The van der Waals surface area contributed by atoms with E-state index < -0.39 is 5.82 Å². The van der Waals surface area contributed by atoms with Gasteiger partial charge in [0.05, 0.1) is 12.1 Å². The molecule has 0 saturated heterocycles. The fourth-order valence-electron chi connectivity index (χ4n) is 1.66. The number of halogens is 3. The lowest BCUT2D eigenvalue weighted by Gasteiger charge is -2.10. The first-order valence-electron chi connectivity index (χ1n) is 6.15. The van der Waals surface area contributed by atoms with Crippen molar-refractivity contribution < 1.29 is 9.13 Å². The van der Waals surface area contributed by atoms with Crippen LogP contribution in [-0.4, -0.2) is 6.54 Å². The number of nitrogens with two attached hydrogens (primary N) is 1. The Kier molecular flexibility index (Phi) is 5.46. The highest BCUT2D eigenvalue weighted by atomic mass is 35.5. The number of benzene rings is 2. The molecule has 0 fully saturated rings. The van der Waals surface area contributed by atoms with Crippen LogP contribution in [0, 0.1) is 17.7 Å². The number of rotatable bonds is 3. The van der Waals surface area contributed by atoms with Gasteiger partial charge in [0.2, 0.25) is 0 Å². The van der Waals surface area contributed by atoms with Crippen LogP contribution in [0.5, 0.6) is 5.75 Å². The molecule has 21 heavy (non-hydrogen) atoms. The van der Waals surface area contributed by atoms with Crippen molar-refractivity contribution in [2.45, 2.75) is 6.61 Å². The first kappa shape index (κ1) is 15.7. The van der Waals surface area contributed by atoms with Crippen LogP contribution < -0.4 is 10.5 Å². The van der Waals surface area contributed by atoms with Crippen LogP contribution in [0.4, 0.5) is 4.39 Å². The quantitative estimate of drug-likeness (QED) is 0.866. The Morgan fingerprint density at radius 3 is 2.67 bits per heavy atom. The Hall–Kier alpha value is -1.73. The summed E-state index contributed by atoms with van der Waals surface area (Å²) in [7, 11) is 0. The zero-order valence-corrected chi connectivity index (χ0v) is 12.5. The summed E-state index contributed by atoms with van der Waals surface area (Å²) in [6.07, 6.45) is 0. The van der Waals surface area contributed by atoms with E-state index in [0.717, 1.165) is 5.56 Å². The molecule has 2 N–H and O–H groups in total. The van der Waals surface area contributed by atoms with Crippen molar-refractivity contribution in [2.75, 3.05) is 6.54 Å². The van der Waals surface area contributed by atoms with E-state index in [1.165, 1.54) is 12.1 Å². The number of ether oxygens (including phenoxy) is 1. The van der Waals surface area contributed by atoms with Gasteiger partial charge in [-0.2, -0.15) is 0 Å². The number of hydrogen-bond acceptors (Lipinski definition) is 2. The lowest BCUT2D eigenvalue weighted by molar-refractivity contribution is 0.304. The third kappa shape index (κ3) is 4.37. The van der Waals surface area contributed by atoms with Gasteiger partial charge in [-0.15, -0.1) is 0 Å². The highest BCUT2D eigenvalue weighted by molar-refractivity contribution is 6.35. The van der Waals surface area contributed by atoms with Gasteiger partial charge >= 0.3 is 0 Å². The molecule has 0 atom stereocenters. The highest BCUT2D eigenvalue weighted by Gasteiger charge is 2.06. The Morgan fingerprint density at radius 1 is 1.14 bits per heavy atom. The van der Waals surface area contributed by atoms with Crippen LogP contribution in [-0.2, 0) is 6.61 Å². The van der Waals surface area contributed by atoms with Crippen molar-refractivity contribution in [1.29, 1.82) is 0 Å². The molecule has 2 nitrogen and oxygen atoms in total. The first-order chi connectivity index (χ1) is 10.1. The maximum atomic E-state index is 13.3. The third-order valence-electron chi connectivity index (χ3n) is 2.67. The standard InChI is InChI=1S/C16H12Cl2FNO/c17-13-5-3-12(15(18)8-13)10-21-16-9-14(19)6-4-11(16)2-1-7-20/h3-6,8-9H,7,10,20H2. The van der Waals surface area contributed by atoms with Gasteiger partial charge in [-0.25, -0.2) is 4.39 Å². The molecule has 0 aliphatic carbocycles. The van der Waals surface area contributed by atoms with Crippen molar-refractivity contribution in [3.63, 3.8) is 0 Å². The smallest absolute Gasteiger partial charge is 0.138 e. The van der Waals surface area contributed by atoms with Gasteiger partial charge in [-0.3, -0.25) is 0 Å². The summed E-state index contributed by atoms with van der Waals surface area (Å²) in [6, 6.07) is 9.26. The summed E-state index contributed by atoms with van der Waals surface area (Å²) in [6.45, 7) is 0.413. The molecule has 0 saturated carbocycles. The molecule has 0 aromatic heterocycles. The lowest BCUT2D eigenvalue weighted by atomic mass is 10.2. The molecule has 0 heterocycles. The average Bonchev–Trinajstić information content (AvgIpc) is 2.45. The molecule has 0 amide bonds. The summed E-state index contributed by atoms with van der Waals surface area (Å²) >= 11 is 11.9. The molecule has 2 aromatic rings. The zero-order valence-electron chi connectivity index (χ0n) is 11.0. The van der Waals surface area contributed by atoms with Gasteiger partial charge in [0.15, 0.2) is 0 Å². The molecule has 0 bridgehead atoms. The van der Waals surface area contributed by atoms with E-state index in [0.29, 0.717) is 21.4 Å². The SMILES string of the molecule is NCC#Cc1ccc(F)cc1OCc1ccc(Cl)cc1Cl. The molecule has 108 valence electrons. The second-order valence-electron chi connectivity index (χ2n) is 4.17. The molecule has 0 radical (unpaired) electrons. The van der Waals surface area contributed by atoms with Gasteiger partial charge < -0.3 is 10.5 Å². The Morgan fingerprint density at radius 2 is 1.95 bits per heavy atom. The monoisotopic (exact) mass is 323 g/mol. The first-order valence-corrected chi connectivity index (χ1v) is 6.91. The van der Waals surface area contributed by atoms with Crippen LogP contribution in [0.25, 0.3) is 0 Å². The second kappa shape index (κ2) is 7.33. The van der Waals surface area contributed by atoms with Gasteiger partial charge in [0.1, 0.15) is 18.2 Å². The normalized spacial score (nSPS) is 9.90. The van der Waals surface area contributed by atoms with Crippen LogP contribution >= 0.6 is 23.2 Å². The Balaban J connectivity index is 2.20. The van der Waals surface area contributed by atoms with E-state index in [9.17, 15) is 4.39 Å². The molecule has 0 spiro atoms. The maximum absolute atomic E-state index is 13.3.